The standard InChI is InChI=1S/C35H12F4N10O/c1-43-28-12-23(11-27(39)13-28)33-45-32(22-4-19(16-42)7-26(38)10-22)48-35(49-33)29(50)34-46-30(20-2-17(14-40)5-24(36)8-20)44-31(47-34)21-3-18(15-41)6-25(37)9-21/h2-13H. The van der Waals surface area contributed by atoms with Crippen LogP contribution in [0.1, 0.15) is 33.1 Å². The Bertz CT molecular complexity index is 2240. The number of hydrogen-bond donors (Lipinski definition) is 0. The Kier molecular flexibility index (Phi) is 8.48. The minimum Gasteiger partial charge on any atom is -0.281 e. The van der Waals surface area contributed by atoms with E-state index >= 15 is 0 Å². The van der Waals surface area contributed by atoms with Gasteiger partial charge < -0.3 is 0 Å². The molecule has 0 amide bonds. The molecular weight excluding hydrogens is 652 g/mol. The number of nitrogens with zero attached hydrogens (tertiary/aromatic N) is 10. The normalized spacial score (nSPS) is 10.4. The number of hydrogen-bond acceptors (Lipinski definition) is 10. The molecule has 2 aromatic heterocycles. The first-order valence-corrected chi connectivity index (χ1v) is 13.9. The van der Waals surface area contributed by atoms with E-state index in [-0.39, 0.29) is 67.9 Å². The summed E-state index contributed by atoms with van der Waals surface area (Å²) in [5.74, 6) is -7.10. The van der Waals surface area contributed by atoms with E-state index in [4.69, 9.17) is 6.57 Å². The predicted octanol–water partition coefficient (Wildman–Crippen LogP) is 6.68. The van der Waals surface area contributed by atoms with Gasteiger partial charge in [-0.25, -0.2) is 52.3 Å². The van der Waals surface area contributed by atoms with E-state index in [2.05, 4.69) is 34.7 Å². The van der Waals surface area contributed by atoms with Crippen LogP contribution in [0.2, 0.25) is 0 Å². The molecule has 0 aliphatic rings. The number of ketones is 1. The number of benzene rings is 4. The molecule has 0 aliphatic heterocycles. The van der Waals surface area contributed by atoms with Gasteiger partial charge in [0.15, 0.2) is 29.0 Å². The number of aromatic nitrogens is 6. The molecule has 11 nitrogen and oxygen atoms in total. The summed E-state index contributed by atoms with van der Waals surface area (Å²) in [5, 5.41) is 28.2. The fraction of sp³-hybridized carbons (Fsp3) is 0. The molecule has 0 radical (unpaired) electrons. The third-order valence-corrected chi connectivity index (χ3v) is 6.80. The van der Waals surface area contributed by atoms with Gasteiger partial charge in [0.25, 0.3) is 5.78 Å². The van der Waals surface area contributed by atoms with Crippen LogP contribution in [0.15, 0.2) is 72.8 Å². The quantitative estimate of drug-likeness (QED) is 0.106. The maximum Gasteiger partial charge on any atom is 0.267 e. The lowest BCUT2D eigenvalue weighted by molar-refractivity contribution is 0.101. The van der Waals surface area contributed by atoms with Gasteiger partial charge in [0, 0.05) is 22.3 Å². The molecule has 0 aliphatic carbocycles. The largest absolute Gasteiger partial charge is 0.281 e. The highest BCUT2D eigenvalue weighted by Crippen LogP contribution is 2.28. The van der Waals surface area contributed by atoms with Crippen LogP contribution < -0.4 is 0 Å². The summed E-state index contributed by atoms with van der Waals surface area (Å²) in [6.07, 6.45) is 0. The van der Waals surface area contributed by atoms with Crippen LogP contribution in [0, 0.1) is 63.8 Å². The van der Waals surface area contributed by atoms with E-state index in [1.54, 1.807) is 18.2 Å². The minimum absolute atomic E-state index is 0.0600. The Labute approximate surface area is 278 Å². The molecule has 236 valence electrons. The SMILES string of the molecule is [C-]#[N+]c1cc(F)cc(-c2nc(C(=O)c3nc(-c4cc(F)cc(C#N)c4)nc(-c4cc(F)cc(C#N)c4)n3)nc(-c3cc(F)cc(C#N)c3)n2)c1. The van der Waals surface area contributed by atoms with E-state index in [1.165, 1.54) is 24.3 Å². The van der Waals surface area contributed by atoms with Crippen LogP contribution in [-0.4, -0.2) is 35.7 Å². The van der Waals surface area contributed by atoms with E-state index in [0.717, 1.165) is 48.5 Å². The maximum atomic E-state index is 14.5. The van der Waals surface area contributed by atoms with Crippen LogP contribution in [0.25, 0.3) is 50.4 Å². The first kappa shape index (κ1) is 32.2. The molecule has 6 rings (SSSR count). The second-order valence-electron chi connectivity index (χ2n) is 10.3. The van der Waals surface area contributed by atoms with Gasteiger partial charge in [0.05, 0.1) is 41.5 Å². The third kappa shape index (κ3) is 6.69. The van der Waals surface area contributed by atoms with Crippen molar-refractivity contribution in [2.45, 2.75) is 0 Å². The van der Waals surface area contributed by atoms with Crippen molar-refractivity contribution in [1.82, 2.24) is 29.9 Å². The summed E-state index contributed by atoms with van der Waals surface area (Å²) < 4.78 is 57.9. The first-order valence-electron chi connectivity index (χ1n) is 13.9. The highest BCUT2D eigenvalue weighted by atomic mass is 19.1. The summed E-state index contributed by atoms with van der Waals surface area (Å²) in [5.41, 5.74) is -0.716. The fourth-order valence-corrected chi connectivity index (χ4v) is 4.69. The summed E-state index contributed by atoms with van der Waals surface area (Å²) in [7, 11) is 0. The number of carbonyl (C=O) groups is 1. The molecule has 0 saturated heterocycles. The van der Waals surface area contributed by atoms with Crippen molar-refractivity contribution in [2.75, 3.05) is 0 Å². The monoisotopic (exact) mass is 664 g/mol. The fourth-order valence-electron chi connectivity index (χ4n) is 4.69. The molecule has 0 atom stereocenters. The molecule has 0 bridgehead atoms. The summed E-state index contributed by atoms with van der Waals surface area (Å²) >= 11 is 0. The zero-order valence-electron chi connectivity index (χ0n) is 24.8. The lowest BCUT2D eigenvalue weighted by Crippen LogP contribution is -2.15. The lowest BCUT2D eigenvalue weighted by atomic mass is 10.1. The van der Waals surface area contributed by atoms with Crippen molar-refractivity contribution in [1.29, 1.82) is 15.8 Å². The predicted molar refractivity (Wildman–Crippen MR) is 165 cm³/mol. The average Bonchev–Trinajstić information content (AvgIpc) is 3.12. The molecule has 0 fully saturated rings. The van der Waals surface area contributed by atoms with Gasteiger partial charge in [-0.3, -0.25) is 4.79 Å². The molecule has 0 spiro atoms. The number of halogens is 4. The van der Waals surface area contributed by atoms with E-state index in [9.17, 15) is 38.1 Å². The molecular formula is C35H12F4N10O. The maximum absolute atomic E-state index is 14.5. The van der Waals surface area contributed by atoms with Crippen LogP contribution in [-0.2, 0) is 0 Å². The van der Waals surface area contributed by atoms with Crippen molar-refractivity contribution in [3.05, 3.63) is 136 Å². The molecule has 0 unspecified atom stereocenters. The van der Waals surface area contributed by atoms with Crippen LogP contribution in [0.5, 0.6) is 0 Å². The van der Waals surface area contributed by atoms with Gasteiger partial charge in [-0.05, 0) is 72.8 Å². The Morgan fingerprint density at radius 2 is 0.820 bits per heavy atom. The Morgan fingerprint density at radius 3 is 1.14 bits per heavy atom. The zero-order valence-corrected chi connectivity index (χ0v) is 24.8. The second-order valence-corrected chi connectivity index (χ2v) is 10.3. The van der Waals surface area contributed by atoms with Crippen molar-refractivity contribution in [3.63, 3.8) is 0 Å². The van der Waals surface area contributed by atoms with Gasteiger partial charge >= 0.3 is 0 Å². The van der Waals surface area contributed by atoms with Crippen molar-refractivity contribution in [3.8, 4) is 63.8 Å². The topological polar surface area (TPSA) is 170 Å². The second kappa shape index (κ2) is 13.2. The lowest BCUT2D eigenvalue weighted by Gasteiger charge is -2.10. The molecule has 2 heterocycles. The van der Waals surface area contributed by atoms with Gasteiger partial charge in [0.1, 0.15) is 23.3 Å². The highest BCUT2D eigenvalue weighted by molar-refractivity contribution is 6.04. The average molecular weight is 665 g/mol. The minimum atomic E-state index is -1.12. The van der Waals surface area contributed by atoms with Gasteiger partial charge in [0.2, 0.25) is 11.6 Å². The smallest absolute Gasteiger partial charge is 0.267 e. The van der Waals surface area contributed by atoms with Gasteiger partial charge in [-0.2, -0.15) is 15.8 Å². The first-order chi connectivity index (χ1) is 24.0. The zero-order chi connectivity index (χ0) is 35.5. The molecule has 50 heavy (non-hydrogen) atoms. The third-order valence-electron chi connectivity index (χ3n) is 6.80. The van der Waals surface area contributed by atoms with E-state index < -0.39 is 40.7 Å². The van der Waals surface area contributed by atoms with Crippen molar-refractivity contribution in [2.24, 2.45) is 0 Å². The van der Waals surface area contributed by atoms with Crippen molar-refractivity contribution >= 4 is 11.5 Å². The van der Waals surface area contributed by atoms with E-state index in [0.29, 0.717) is 0 Å². The van der Waals surface area contributed by atoms with Gasteiger partial charge in [-0.15, -0.1) is 0 Å². The summed E-state index contributed by atoms with van der Waals surface area (Å²) in [4.78, 5) is 42.5. The number of rotatable bonds is 6. The molecule has 4 aromatic carbocycles. The highest BCUT2D eigenvalue weighted by Gasteiger charge is 2.24. The Hall–Kier alpha value is -7.75. The summed E-state index contributed by atoms with van der Waals surface area (Å²) in [6, 6.07) is 18.1. The molecule has 0 N–H and O–H groups in total. The number of nitriles is 3. The number of carbonyl (C=O) groups excluding carboxylic acids is 1. The van der Waals surface area contributed by atoms with Crippen molar-refractivity contribution < 1.29 is 22.4 Å². The Balaban J connectivity index is 1.60. The van der Waals surface area contributed by atoms with Gasteiger partial charge in [-0.1, -0.05) is 0 Å². The van der Waals surface area contributed by atoms with Crippen LogP contribution in [0.3, 0.4) is 0 Å². The molecule has 15 heteroatoms. The molecule has 0 saturated carbocycles. The van der Waals surface area contributed by atoms with E-state index in [1.807, 2.05) is 0 Å². The Morgan fingerprint density at radius 1 is 0.500 bits per heavy atom. The molecule has 6 aromatic rings. The van der Waals surface area contributed by atoms with Crippen LogP contribution >= 0.6 is 0 Å². The van der Waals surface area contributed by atoms with Crippen LogP contribution in [0.4, 0.5) is 23.2 Å². The summed E-state index contributed by atoms with van der Waals surface area (Å²) in [6.45, 7) is 7.30.